The molecule has 0 atom stereocenters. The number of aromatic hydroxyl groups is 1. The maximum absolute atomic E-state index is 11.5. The molecule has 2 aliphatic rings. The van der Waals surface area contributed by atoms with Crippen LogP contribution in [0.25, 0.3) is 0 Å². The molecule has 1 aromatic carbocycles. The molecule has 7 heteroatoms. The van der Waals surface area contributed by atoms with Gasteiger partial charge in [0.15, 0.2) is 17.2 Å². The summed E-state index contributed by atoms with van der Waals surface area (Å²) in [6.45, 7) is 5.43. The Morgan fingerprint density at radius 1 is 0.960 bits per heavy atom. The topological polar surface area (TPSA) is 75.4 Å². The second kappa shape index (κ2) is 6.78. The number of nitrogens with zero attached hydrogens (tertiary/aromatic N) is 2. The molecule has 7 nitrogen and oxygen atoms in total. The Bertz CT molecular complexity index is 811. The minimum atomic E-state index is -0.400. The van der Waals surface area contributed by atoms with Gasteiger partial charge in [-0.15, -0.1) is 0 Å². The van der Waals surface area contributed by atoms with E-state index in [1.54, 1.807) is 0 Å². The lowest BCUT2D eigenvalue weighted by molar-refractivity contribution is 0.115. The zero-order valence-corrected chi connectivity index (χ0v) is 13.8. The van der Waals surface area contributed by atoms with Crippen LogP contribution in [0.5, 0.6) is 17.2 Å². The standard InChI is InChI=1S/C18H20N2O5/c21-15-8-14(23-11-16(15)22)10-20-5-3-19(4-6-20)9-13-1-2-17-18(7-13)25-12-24-17/h1-2,7-8,11,22H,3-6,9-10,12H2. The van der Waals surface area contributed by atoms with Crippen LogP contribution in [0.1, 0.15) is 11.3 Å². The zero-order valence-electron chi connectivity index (χ0n) is 13.8. The first-order valence-corrected chi connectivity index (χ1v) is 8.31. The normalized spacial score (nSPS) is 17.8. The van der Waals surface area contributed by atoms with Crippen LogP contribution in [0.3, 0.4) is 0 Å². The van der Waals surface area contributed by atoms with Gasteiger partial charge in [0.2, 0.25) is 12.2 Å². The third kappa shape index (κ3) is 3.62. The average Bonchev–Trinajstić information content (AvgIpc) is 3.08. The molecule has 0 amide bonds. The molecule has 0 radical (unpaired) electrons. The van der Waals surface area contributed by atoms with Crippen LogP contribution in [0.15, 0.2) is 39.7 Å². The molecule has 1 fully saturated rings. The summed E-state index contributed by atoms with van der Waals surface area (Å²) in [5.41, 5.74) is 0.810. The van der Waals surface area contributed by atoms with E-state index in [0.29, 0.717) is 19.1 Å². The lowest BCUT2D eigenvalue weighted by Crippen LogP contribution is -2.45. The highest BCUT2D eigenvalue weighted by Gasteiger charge is 2.19. The lowest BCUT2D eigenvalue weighted by atomic mass is 10.1. The van der Waals surface area contributed by atoms with E-state index in [4.69, 9.17) is 13.9 Å². The van der Waals surface area contributed by atoms with E-state index in [-0.39, 0.29) is 5.75 Å². The van der Waals surface area contributed by atoms with Crippen LogP contribution in [-0.4, -0.2) is 47.9 Å². The predicted octanol–water partition coefficient (Wildman–Crippen LogP) is 1.39. The smallest absolute Gasteiger partial charge is 0.231 e. The fourth-order valence-corrected chi connectivity index (χ4v) is 3.15. The highest BCUT2D eigenvalue weighted by atomic mass is 16.7. The largest absolute Gasteiger partial charge is 0.502 e. The number of benzene rings is 1. The molecule has 0 saturated carbocycles. The van der Waals surface area contributed by atoms with Crippen molar-refractivity contribution in [3.05, 3.63) is 52.1 Å². The molecule has 2 aromatic rings. The SMILES string of the molecule is O=c1cc(CN2CCN(Cc3ccc4c(c3)OCO4)CC2)occ1O. The van der Waals surface area contributed by atoms with E-state index >= 15 is 0 Å². The molecule has 1 saturated heterocycles. The summed E-state index contributed by atoms with van der Waals surface area (Å²) in [7, 11) is 0. The van der Waals surface area contributed by atoms with Crippen molar-refractivity contribution in [2.24, 2.45) is 0 Å². The van der Waals surface area contributed by atoms with E-state index in [2.05, 4.69) is 15.9 Å². The molecule has 0 aliphatic carbocycles. The molecule has 0 spiro atoms. The number of hydrogen-bond donors (Lipinski definition) is 1. The highest BCUT2D eigenvalue weighted by Crippen LogP contribution is 2.32. The molecule has 0 unspecified atom stereocenters. The molecule has 2 aliphatic heterocycles. The number of hydrogen-bond acceptors (Lipinski definition) is 7. The molecule has 25 heavy (non-hydrogen) atoms. The maximum Gasteiger partial charge on any atom is 0.231 e. The van der Waals surface area contributed by atoms with Crippen molar-refractivity contribution < 1.29 is 19.0 Å². The van der Waals surface area contributed by atoms with Gasteiger partial charge in [0.25, 0.3) is 0 Å². The Morgan fingerprint density at radius 3 is 2.44 bits per heavy atom. The third-order valence-corrected chi connectivity index (χ3v) is 4.55. The van der Waals surface area contributed by atoms with Crippen molar-refractivity contribution in [1.82, 2.24) is 9.80 Å². The van der Waals surface area contributed by atoms with Gasteiger partial charge in [-0.05, 0) is 17.7 Å². The van der Waals surface area contributed by atoms with Crippen molar-refractivity contribution in [2.45, 2.75) is 13.1 Å². The summed E-state index contributed by atoms with van der Waals surface area (Å²) in [6, 6.07) is 7.43. The third-order valence-electron chi connectivity index (χ3n) is 4.55. The van der Waals surface area contributed by atoms with Gasteiger partial charge in [0.1, 0.15) is 12.0 Å². The molecular formula is C18H20N2O5. The lowest BCUT2D eigenvalue weighted by Gasteiger charge is -2.34. The predicted molar refractivity (Wildman–Crippen MR) is 89.8 cm³/mol. The fraction of sp³-hybridized carbons (Fsp3) is 0.389. The maximum atomic E-state index is 11.5. The molecule has 132 valence electrons. The Balaban J connectivity index is 1.30. The monoisotopic (exact) mass is 344 g/mol. The number of piperazine rings is 1. The number of rotatable bonds is 4. The summed E-state index contributed by atoms with van der Waals surface area (Å²) in [6.07, 6.45) is 1.10. The van der Waals surface area contributed by atoms with Crippen LogP contribution in [0.4, 0.5) is 0 Å². The minimum Gasteiger partial charge on any atom is -0.502 e. The molecule has 1 N–H and O–H groups in total. The first-order valence-electron chi connectivity index (χ1n) is 8.31. The van der Waals surface area contributed by atoms with Crippen LogP contribution in [0.2, 0.25) is 0 Å². The Morgan fingerprint density at radius 2 is 1.68 bits per heavy atom. The van der Waals surface area contributed by atoms with E-state index in [0.717, 1.165) is 50.5 Å². The highest BCUT2D eigenvalue weighted by molar-refractivity contribution is 5.44. The number of fused-ring (bicyclic) bond motifs is 1. The van der Waals surface area contributed by atoms with Crippen molar-refractivity contribution >= 4 is 0 Å². The first-order chi connectivity index (χ1) is 12.2. The quantitative estimate of drug-likeness (QED) is 0.898. The Kier molecular flexibility index (Phi) is 4.33. The van der Waals surface area contributed by atoms with Crippen LogP contribution in [0, 0.1) is 0 Å². The summed E-state index contributed by atoms with van der Waals surface area (Å²) in [5, 5.41) is 9.24. The van der Waals surface area contributed by atoms with Gasteiger partial charge in [-0.1, -0.05) is 6.07 Å². The van der Waals surface area contributed by atoms with Crippen molar-refractivity contribution in [3.63, 3.8) is 0 Å². The van der Waals surface area contributed by atoms with Crippen LogP contribution in [-0.2, 0) is 13.1 Å². The van der Waals surface area contributed by atoms with E-state index < -0.39 is 5.43 Å². The summed E-state index contributed by atoms with van der Waals surface area (Å²) in [4.78, 5) is 16.1. The molecule has 4 rings (SSSR count). The number of ether oxygens (including phenoxy) is 2. The minimum absolute atomic E-state index is 0.296. The van der Waals surface area contributed by atoms with Crippen molar-refractivity contribution in [3.8, 4) is 17.2 Å². The Hall–Kier alpha value is -2.51. The van der Waals surface area contributed by atoms with Crippen molar-refractivity contribution in [2.75, 3.05) is 33.0 Å². The second-order valence-corrected chi connectivity index (χ2v) is 6.34. The molecule has 3 heterocycles. The summed E-state index contributed by atoms with van der Waals surface area (Å²) < 4.78 is 16.0. The molecular weight excluding hydrogens is 324 g/mol. The Labute approximate surface area is 145 Å². The summed E-state index contributed by atoms with van der Waals surface area (Å²) in [5.74, 6) is 1.85. The van der Waals surface area contributed by atoms with E-state index in [1.165, 1.54) is 11.6 Å². The van der Waals surface area contributed by atoms with Gasteiger partial charge >= 0.3 is 0 Å². The molecule has 0 bridgehead atoms. The van der Waals surface area contributed by atoms with Crippen LogP contribution >= 0.6 is 0 Å². The van der Waals surface area contributed by atoms with Gasteiger partial charge in [0.05, 0.1) is 6.54 Å². The van der Waals surface area contributed by atoms with Gasteiger partial charge in [-0.2, -0.15) is 0 Å². The van der Waals surface area contributed by atoms with E-state index in [1.807, 2.05) is 12.1 Å². The van der Waals surface area contributed by atoms with Crippen molar-refractivity contribution in [1.29, 1.82) is 0 Å². The molecule has 1 aromatic heterocycles. The van der Waals surface area contributed by atoms with Gasteiger partial charge in [-0.3, -0.25) is 14.6 Å². The second-order valence-electron chi connectivity index (χ2n) is 6.34. The summed E-state index contributed by atoms with van der Waals surface area (Å²) >= 11 is 0. The fourth-order valence-electron chi connectivity index (χ4n) is 3.15. The zero-order chi connectivity index (χ0) is 17.2. The van der Waals surface area contributed by atoms with E-state index in [9.17, 15) is 9.90 Å². The van der Waals surface area contributed by atoms with Gasteiger partial charge < -0.3 is 19.0 Å². The first kappa shape index (κ1) is 16.0. The van der Waals surface area contributed by atoms with Gasteiger partial charge in [0, 0.05) is 38.8 Å². The van der Waals surface area contributed by atoms with Crippen LogP contribution < -0.4 is 14.9 Å². The average molecular weight is 344 g/mol. The van der Waals surface area contributed by atoms with Gasteiger partial charge in [-0.25, -0.2) is 0 Å².